The number of alkyl halides is 3. The minimum atomic E-state index is -4.75. The molecule has 2 aromatic heterocycles. The Kier molecular flexibility index (Phi) is 4.87. The number of aromatic amines is 1. The first-order valence-electron chi connectivity index (χ1n) is 8.84. The molecule has 3 heterocycles. The van der Waals surface area contributed by atoms with Gasteiger partial charge in [-0.1, -0.05) is 0 Å². The van der Waals surface area contributed by atoms with E-state index in [0.717, 1.165) is 29.0 Å². The molecule has 8 nitrogen and oxygen atoms in total. The summed E-state index contributed by atoms with van der Waals surface area (Å²) in [6.07, 6.45) is -1.45. The number of aromatic nitrogens is 3. The fraction of sp³-hybridized carbons (Fsp3) is 0.278. The number of nitrogens with one attached hydrogen (secondary N) is 2. The zero-order chi connectivity index (χ0) is 20.4. The number of benzene rings is 1. The maximum absolute atomic E-state index is 12.4. The number of urea groups is 1. The number of fused-ring (bicyclic) bond motifs is 1. The molecule has 0 spiro atoms. The molecular formula is C18H17F3N6O2. The zero-order valence-electron chi connectivity index (χ0n) is 15.1. The van der Waals surface area contributed by atoms with Gasteiger partial charge in [0.15, 0.2) is 0 Å². The van der Waals surface area contributed by atoms with Gasteiger partial charge in [0.2, 0.25) is 0 Å². The minimum absolute atomic E-state index is 0.316. The summed E-state index contributed by atoms with van der Waals surface area (Å²) < 4.78 is 40.4. The molecule has 152 valence electrons. The third-order valence-corrected chi connectivity index (χ3v) is 4.54. The lowest BCUT2D eigenvalue weighted by atomic mass is 10.2. The molecule has 0 saturated carbocycles. The van der Waals surface area contributed by atoms with Gasteiger partial charge in [-0.3, -0.25) is 0 Å². The fourth-order valence-corrected chi connectivity index (χ4v) is 3.17. The Morgan fingerprint density at radius 3 is 2.48 bits per heavy atom. The number of carbonyl (C=O) groups excluding carboxylic acids is 1. The number of H-pyrrole nitrogens is 1. The monoisotopic (exact) mass is 406 g/mol. The molecule has 2 N–H and O–H groups in total. The van der Waals surface area contributed by atoms with Gasteiger partial charge in [0, 0.05) is 38.1 Å². The van der Waals surface area contributed by atoms with Gasteiger partial charge in [-0.05, 0) is 30.3 Å². The van der Waals surface area contributed by atoms with Gasteiger partial charge < -0.3 is 24.8 Å². The third kappa shape index (κ3) is 4.33. The van der Waals surface area contributed by atoms with Gasteiger partial charge in [-0.25, -0.2) is 14.8 Å². The normalized spacial score (nSPS) is 14.9. The van der Waals surface area contributed by atoms with Gasteiger partial charge in [-0.15, -0.1) is 13.2 Å². The van der Waals surface area contributed by atoms with Crippen molar-refractivity contribution in [3.63, 3.8) is 0 Å². The molecule has 1 aliphatic heterocycles. The molecule has 1 aromatic carbocycles. The fourth-order valence-electron chi connectivity index (χ4n) is 3.17. The molecule has 1 aliphatic rings. The van der Waals surface area contributed by atoms with Gasteiger partial charge >= 0.3 is 12.4 Å². The Balaban J connectivity index is 1.34. The zero-order valence-corrected chi connectivity index (χ0v) is 15.1. The summed E-state index contributed by atoms with van der Waals surface area (Å²) in [7, 11) is 0. The molecule has 1 saturated heterocycles. The number of hydrogen-bond donors (Lipinski definition) is 2. The van der Waals surface area contributed by atoms with Crippen molar-refractivity contribution in [3.8, 4) is 5.75 Å². The number of piperazine rings is 1. The Morgan fingerprint density at radius 2 is 1.79 bits per heavy atom. The van der Waals surface area contributed by atoms with Crippen molar-refractivity contribution in [2.45, 2.75) is 6.36 Å². The summed E-state index contributed by atoms with van der Waals surface area (Å²) in [5.41, 5.74) is 1.14. The maximum Gasteiger partial charge on any atom is 0.573 e. The molecule has 0 unspecified atom stereocenters. The molecule has 0 atom stereocenters. The SMILES string of the molecule is O=C(Nc1ccc(OC(F)(F)F)cc1)N1CCN(c2ncnc3[nH]ccc23)CC1. The van der Waals surface area contributed by atoms with Crippen LogP contribution in [0.4, 0.5) is 29.5 Å². The van der Waals surface area contributed by atoms with Crippen LogP contribution in [0.3, 0.4) is 0 Å². The van der Waals surface area contributed by atoms with E-state index < -0.39 is 6.36 Å². The number of anilines is 2. The standard InChI is InChI=1S/C18H17F3N6O2/c19-18(20,21)29-13-3-1-12(2-4-13)25-17(28)27-9-7-26(8-10-27)16-14-5-6-22-15(14)23-11-24-16/h1-6,11H,7-10H2,(H,25,28)(H,22,23,24). The number of carbonyl (C=O) groups is 1. The van der Waals surface area contributed by atoms with E-state index in [-0.39, 0.29) is 11.8 Å². The Bertz CT molecular complexity index is 997. The van der Waals surface area contributed by atoms with Crippen molar-refractivity contribution in [3.05, 3.63) is 42.9 Å². The van der Waals surface area contributed by atoms with Crippen molar-refractivity contribution < 1.29 is 22.7 Å². The van der Waals surface area contributed by atoms with Crippen LogP contribution in [-0.4, -0.2) is 58.4 Å². The predicted molar refractivity (Wildman–Crippen MR) is 99.8 cm³/mol. The van der Waals surface area contributed by atoms with Crippen LogP contribution >= 0.6 is 0 Å². The summed E-state index contributed by atoms with van der Waals surface area (Å²) in [4.78, 5) is 27.8. The maximum atomic E-state index is 12.4. The highest BCUT2D eigenvalue weighted by Gasteiger charge is 2.31. The lowest BCUT2D eigenvalue weighted by Crippen LogP contribution is -2.50. The molecule has 0 radical (unpaired) electrons. The molecular weight excluding hydrogens is 389 g/mol. The first-order chi connectivity index (χ1) is 13.9. The van der Waals surface area contributed by atoms with Crippen molar-refractivity contribution in [2.75, 3.05) is 36.4 Å². The molecule has 4 rings (SSSR count). The Labute approximate surface area is 163 Å². The van der Waals surface area contributed by atoms with Crippen LogP contribution in [0, 0.1) is 0 Å². The van der Waals surface area contributed by atoms with Crippen LogP contribution in [0.25, 0.3) is 11.0 Å². The van der Waals surface area contributed by atoms with Crippen molar-refractivity contribution >= 4 is 28.6 Å². The van der Waals surface area contributed by atoms with E-state index in [1.54, 1.807) is 11.1 Å². The first kappa shape index (κ1) is 18.8. The van der Waals surface area contributed by atoms with Crippen LogP contribution in [0.1, 0.15) is 0 Å². The second-order valence-corrected chi connectivity index (χ2v) is 6.41. The van der Waals surface area contributed by atoms with Gasteiger partial charge in [0.1, 0.15) is 23.5 Å². The molecule has 0 aliphatic carbocycles. The quantitative estimate of drug-likeness (QED) is 0.698. The van der Waals surface area contributed by atoms with Crippen molar-refractivity contribution in [1.29, 1.82) is 0 Å². The second-order valence-electron chi connectivity index (χ2n) is 6.41. The van der Waals surface area contributed by atoms with Gasteiger partial charge in [0.05, 0.1) is 5.39 Å². The molecule has 0 bridgehead atoms. The molecule has 1 fully saturated rings. The molecule has 2 amide bonds. The molecule has 29 heavy (non-hydrogen) atoms. The number of halogens is 3. The minimum Gasteiger partial charge on any atom is -0.406 e. The van der Waals surface area contributed by atoms with E-state index in [0.29, 0.717) is 31.9 Å². The average Bonchev–Trinajstić information content (AvgIpc) is 3.17. The van der Waals surface area contributed by atoms with Crippen LogP contribution in [0.15, 0.2) is 42.9 Å². The number of hydrogen-bond acceptors (Lipinski definition) is 5. The van der Waals surface area contributed by atoms with E-state index in [2.05, 4.69) is 29.9 Å². The number of nitrogens with zero attached hydrogens (tertiary/aromatic N) is 4. The lowest BCUT2D eigenvalue weighted by molar-refractivity contribution is -0.274. The summed E-state index contributed by atoms with van der Waals surface area (Å²) in [5.74, 6) is 0.474. The Morgan fingerprint density at radius 1 is 1.07 bits per heavy atom. The van der Waals surface area contributed by atoms with E-state index >= 15 is 0 Å². The summed E-state index contributed by atoms with van der Waals surface area (Å²) in [6.45, 7) is 2.17. The van der Waals surface area contributed by atoms with Gasteiger partial charge in [-0.2, -0.15) is 0 Å². The number of ether oxygens (including phenoxy) is 1. The first-order valence-corrected chi connectivity index (χ1v) is 8.84. The molecule has 11 heteroatoms. The largest absolute Gasteiger partial charge is 0.573 e. The summed E-state index contributed by atoms with van der Waals surface area (Å²) >= 11 is 0. The van der Waals surface area contributed by atoms with Crippen LogP contribution in [-0.2, 0) is 0 Å². The van der Waals surface area contributed by atoms with Crippen molar-refractivity contribution in [2.24, 2.45) is 0 Å². The third-order valence-electron chi connectivity index (χ3n) is 4.54. The van der Waals surface area contributed by atoms with E-state index in [4.69, 9.17) is 0 Å². The van der Waals surface area contributed by atoms with Crippen molar-refractivity contribution in [1.82, 2.24) is 19.9 Å². The van der Waals surface area contributed by atoms with Gasteiger partial charge in [0.25, 0.3) is 0 Å². The topological polar surface area (TPSA) is 86.4 Å². The average molecular weight is 406 g/mol. The highest BCUT2D eigenvalue weighted by atomic mass is 19.4. The lowest BCUT2D eigenvalue weighted by Gasteiger charge is -2.35. The smallest absolute Gasteiger partial charge is 0.406 e. The number of amides is 2. The van der Waals surface area contributed by atoms with E-state index in [1.807, 2.05) is 6.07 Å². The highest BCUT2D eigenvalue weighted by Crippen LogP contribution is 2.25. The second kappa shape index (κ2) is 7.49. The summed E-state index contributed by atoms with van der Waals surface area (Å²) in [5, 5.41) is 3.61. The van der Waals surface area contributed by atoms with E-state index in [9.17, 15) is 18.0 Å². The predicted octanol–water partition coefficient (Wildman–Crippen LogP) is 3.21. The van der Waals surface area contributed by atoms with Crippen LogP contribution in [0.2, 0.25) is 0 Å². The van der Waals surface area contributed by atoms with E-state index in [1.165, 1.54) is 18.5 Å². The van der Waals surface area contributed by atoms with Crippen LogP contribution < -0.4 is 15.0 Å². The highest BCUT2D eigenvalue weighted by molar-refractivity contribution is 5.90. The van der Waals surface area contributed by atoms with Crippen LogP contribution in [0.5, 0.6) is 5.75 Å². The number of rotatable bonds is 3. The molecule has 3 aromatic rings. The summed E-state index contributed by atoms with van der Waals surface area (Å²) in [6, 6.07) is 6.62. The Hall–Kier alpha value is -3.50.